The molecule has 2 atom stereocenters. The van der Waals surface area contributed by atoms with Crippen molar-refractivity contribution in [2.24, 2.45) is 5.92 Å². The maximum absolute atomic E-state index is 12.7. The molecule has 28 heavy (non-hydrogen) atoms. The van der Waals surface area contributed by atoms with E-state index in [1.807, 2.05) is 57.1 Å². The number of rotatable bonds is 7. The molecule has 0 fully saturated rings. The number of aromatic nitrogens is 2. The van der Waals surface area contributed by atoms with Crippen LogP contribution in [0.15, 0.2) is 24.3 Å². The van der Waals surface area contributed by atoms with E-state index in [0.717, 1.165) is 22.7 Å². The Kier molecular flexibility index (Phi) is 7.33. The number of amides is 3. The SMILES string of the molecule is CC[C@H](C)[C@H](NC(=O)N(C)C)C(=O)Nc1nnc(-c2ccc(N(C)C)cc2)s1. The fourth-order valence-electron chi connectivity index (χ4n) is 2.44. The molecule has 0 saturated heterocycles. The zero-order chi connectivity index (χ0) is 20.8. The van der Waals surface area contributed by atoms with Crippen molar-refractivity contribution >= 4 is 34.1 Å². The monoisotopic (exact) mass is 404 g/mol. The summed E-state index contributed by atoms with van der Waals surface area (Å²) in [5.41, 5.74) is 2.03. The van der Waals surface area contributed by atoms with Crippen molar-refractivity contribution in [3.63, 3.8) is 0 Å². The first-order valence-corrected chi connectivity index (χ1v) is 9.94. The topological polar surface area (TPSA) is 90.5 Å². The molecule has 8 nitrogen and oxygen atoms in total. The van der Waals surface area contributed by atoms with Crippen LogP contribution in [0, 0.1) is 5.92 Å². The van der Waals surface area contributed by atoms with Crippen LogP contribution in [0.4, 0.5) is 15.6 Å². The zero-order valence-corrected chi connectivity index (χ0v) is 18.0. The van der Waals surface area contributed by atoms with Crippen molar-refractivity contribution in [1.82, 2.24) is 20.4 Å². The van der Waals surface area contributed by atoms with Crippen molar-refractivity contribution in [2.45, 2.75) is 26.3 Å². The molecule has 1 aromatic carbocycles. The van der Waals surface area contributed by atoms with Crippen LogP contribution in [-0.2, 0) is 4.79 Å². The Bertz CT molecular complexity index is 803. The fourth-order valence-corrected chi connectivity index (χ4v) is 3.19. The lowest BCUT2D eigenvalue weighted by atomic mass is 9.98. The van der Waals surface area contributed by atoms with Gasteiger partial charge in [0, 0.05) is 39.4 Å². The average molecular weight is 405 g/mol. The molecule has 0 aliphatic carbocycles. The lowest BCUT2D eigenvalue weighted by Gasteiger charge is -2.24. The minimum Gasteiger partial charge on any atom is -0.378 e. The minimum atomic E-state index is -0.647. The quantitative estimate of drug-likeness (QED) is 0.740. The Morgan fingerprint density at radius 2 is 1.75 bits per heavy atom. The van der Waals surface area contributed by atoms with E-state index >= 15 is 0 Å². The smallest absolute Gasteiger partial charge is 0.317 e. The molecule has 0 spiro atoms. The van der Waals surface area contributed by atoms with Crippen LogP contribution in [0.1, 0.15) is 20.3 Å². The number of anilines is 2. The summed E-state index contributed by atoms with van der Waals surface area (Å²) in [7, 11) is 7.24. The number of hydrogen-bond acceptors (Lipinski definition) is 6. The highest BCUT2D eigenvalue weighted by Crippen LogP contribution is 2.28. The maximum Gasteiger partial charge on any atom is 0.317 e. The normalized spacial score (nSPS) is 12.8. The first-order chi connectivity index (χ1) is 13.2. The fraction of sp³-hybridized carbons (Fsp3) is 0.474. The maximum atomic E-state index is 12.7. The predicted octanol–water partition coefficient (Wildman–Crippen LogP) is 2.90. The highest BCUT2D eigenvalue weighted by Gasteiger charge is 2.27. The Balaban J connectivity index is 2.11. The van der Waals surface area contributed by atoms with Crippen LogP contribution < -0.4 is 15.5 Å². The van der Waals surface area contributed by atoms with Gasteiger partial charge < -0.3 is 15.1 Å². The number of benzene rings is 1. The lowest BCUT2D eigenvalue weighted by molar-refractivity contribution is -0.119. The van der Waals surface area contributed by atoms with Gasteiger partial charge in [0.15, 0.2) is 0 Å². The standard InChI is InChI=1S/C19H28N6O2S/c1-7-12(2)15(20-19(27)25(5)6)16(26)21-18-23-22-17(28-18)13-8-10-14(11-9-13)24(3)4/h8-12,15H,7H2,1-6H3,(H,20,27)(H,21,23,26)/t12-,15-/m0/s1. The number of hydrogen-bond donors (Lipinski definition) is 2. The van der Waals surface area contributed by atoms with Crippen LogP contribution in [0.25, 0.3) is 10.6 Å². The van der Waals surface area contributed by atoms with E-state index in [-0.39, 0.29) is 17.9 Å². The van der Waals surface area contributed by atoms with Gasteiger partial charge in [-0.15, -0.1) is 10.2 Å². The Morgan fingerprint density at radius 1 is 1.11 bits per heavy atom. The third-order valence-corrected chi connectivity index (χ3v) is 5.35. The molecule has 9 heteroatoms. The van der Waals surface area contributed by atoms with E-state index in [4.69, 9.17) is 0 Å². The summed E-state index contributed by atoms with van der Waals surface area (Å²) < 4.78 is 0. The second-order valence-corrected chi connectivity index (χ2v) is 8.03. The first kappa shape index (κ1) is 21.6. The first-order valence-electron chi connectivity index (χ1n) is 9.12. The summed E-state index contributed by atoms with van der Waals surface area (Å²) in [6.45, 7) is 3.91. The molecule has 2 N–H and O–H groups in total. The Hall–Kier alpha value is -2.68. The van der Waals surface area contributed by atoms with E-state index in [2.05, 4.69) is 20.8 Å². The number of nitrogens with one attached hydrogen (secondary N) is 2. The van der Waals surface area contributed by atoms with Crippen molar-refractivity contribution < 1.29 is 9.59 Å². The largest absolute Gasteiger partial charge is 0.378 e. The number of nitrogens with zero attached hydrogens (tertiary/aromatic N) is 4. The molecule has 2 aromatic rings. The molecule has 1 aromatic heterocycles. The average Bonchev–Trinajstić information content (AvgIpc) is 3.13. The van der Waals surface area contributed by atoms with Crippen molar-refractivity contribution in [1.29, 1.82) is 0 Å². The molecular weight excluding hydrogens is 376 g/mol. The van der Waals surface area contributed by atoms with Crippen molar-refractivity contribution in [2.75, 3.05) is 38.4 Å². The van der Waals surface area contributed by atoms with E-state index in [0.29, 0.717) is 5.13 Å². The van der Waals surface area contributed by atoms with Crippen LogP contribution in [0.2, 0.25) is 0 Å². The van der Waals surface area contributed by atoms with Gasteiger partial charge >= 0.3 is 6.03 Å². The molecule has 152 valence electrons. The van der Waals surface area contributed by atoms with E-state index in [9.17, 15) is 9.59 Å². The summed E-state index contributed by atoms with van der Waals surface area (Å²) in [5, 5.41) is 14.9. The summed E-state index contributed by atoms with van der Waals surface area (Å²) in [6, 6.07) is 7.00. The van der Waals surface area contributed by atoms with Gasteiger partial charge in [0.25, 0.3) is 0 Å². The van der Waals surface area contributed by atoms with Crippen LogP contribution >= 0.6 is 11.3 Å². The Labute approximate surface area is 169 Å². The highest BCUT2D eigenvalue weighted by atomic mass is 32.1. The number of carbonyl (C=O) groups is 2. The van der Waals surface area contributed by atoms with Crippen molar-refractivity contribution in [3.8, 4) is 10.6 Å². The molecule has 0 aliphatic rings. The zero-order valence-electron chi connectivity index (χ0n) is 17.2. The molecule has 3 amide bonds. The van der Waals surface area contributed by atoms with Gasteiger partial charge in [0.2, 0.25) is 11.0 Å². The molecule has 1 heterocycles. The van der Waals surface area contributed by atoms with E-state index in [1.54, 1.807) is 14.1 Å². The summed E-state index contributed by atoms with van der Waals surface area (Å²) >= 11 is 1.30. The molecule has 0 saturated carbocycles. The van der Waals surface area contributed by atoms with Gasteiger partial charge in [-0.2, -0.15) is 0 Å². The summed E-state index contributed by atoms with van der Waals surface area (Å²) in [4.78, 5) is 28.2. The molecule has 0 unspecified atom stereocenters. The van der Waals surface area contributed by atoms with E-state index in [1.165, 1.54) is 16.2 Å². The molecular formula is C19H28N6O2S. The molecule has 0 aliphatic heterocycles. The molecule has 2 rings (SSSR count). The minimum absolute atomic E-state index is 0.0186. The highest BCUT2D eigenvalue weighted by molar-refractivity contribution is 7.18. The van der Waals surface area contributed by atoms with Gasteiger partial charge in [-0.05, 0) is 30.2 Å². The van der Waals surface area contributed by atoms with E-state index < -0.39 is 6.04 Å². The molecule has 0 bridgehead atoms. The second-order valence-electron chi connectivity index (χ2n) is 7.05. The van der Waals surface area contributed by atoms with Crippen molar-refractivity contribution in [3.05, 3.63) is 24.3 Å². The number of urea groups is 1. The Morgan fingerprint density at radius 3 is 2.29 bits per heavy atom. The van der Waals surface area contributed by atoms with Crippen LogP contribution in [-0.4, -0.2) is 61.3 Å². The van der Waals surface area contributed by atoms with Gasteiger partial charge in [-0.25, -0.2) is 4.79 Å². The van der Waals surface area contributed by atoms with Gasteiger partial charge in [-0.1, -0.05) is 31.6 Å². The van der Waals surface area contributed by atoms with Gasteiger partial charge in [0.05, 0.1) is 0 Å². The predicted molar refractivity (Wildman–Crippen MR) is 114 cm³/mol. The third-order valence-electron chi connectivity index (χ3n) is 4.47. The lowest BCUT2D eigenvalue weighted by Crippen LogP contribution is -2.50. The van der Waals surface area contributed by atoms with Crippen LogP contribution in [0.3, 0.4) is 0 Å². The summed E-state index contributed by atoms with van der Waals surface area (Å²) in [6.07, 6.45) is 0.755. The van der Waals surface area contributed by atoms with Crippen LogP contribution in [0.5, 0.6) is 0 Å². The third kappa shape index (κ3) is 5.41. The number of carbonyl (C=O) groups excluding carboxylic acids is 2. The second kappa shape index (κ2) is 9.50. The van der Waals surface area contributed by atoms with Gasteiger partial charge in [0.1, 0.15) is 11.0 Å². The van der Waals surface area contributed by atoms with Gasteiger partial charge in [-0.3, -0.25) is 10.1 Å². The summed E-state index contributed by atoms with van der Waals surface area (Å²) in [5.74, 6) is -0.315. The molecule has 0 radical (unpaired) electrons.